The van der Waals surface area contributed by atoms with Crippen molar-refractivity contribution in [3.8, 4) is 11.1 Å². The molecule has 0 saturated carbocycles. The second-order valence-electron chi connectivity index (χ2n) is 5.89. The Morgan fingerprint density at radius 1 is 1.15 bits per heavy atom. The minimum atomic E-state index is -2.88. The average Bonchev–Trinajstić information content (AvgIpc) is 3.22. The van der Waals surface area contributed by atoms with Crippen LogP contribution in [0.1, 0.15) is 23.2 Å². The van der Waals surface area contributed by atoms with E-state index >= 15 is 0 Å². The van der Waals surface area contributed by atoms with Gasteiger partial charge in [0.15, 0.2) is 0 Å². The number of benzene rings is 1. The summed E-state index contributed by atoms with van der Waals surface area (Å²) < 4.78 is 46.1. The maximum absolute atomic E-state index is 13.5. The van der Waals surface area contributed by atoms with E-state index in [1.807, 2.05) is 6.92 Å². The minimum Gasteiger partial charge on any atom is -0.364 e. The van der Waals surface area contributed by atoms with Crippen molar-refractivity contribution in [1.82, 2.24) is 19.9 Å². The normalized spacial score (nSPS) is 11.6. The third kappa shape index (κ3) is 2.83. The molecule has 26 heavy (non-hydrogen) atoms. The first-order chi connectivity index (χ1) is 12.5. The molecular formula is C18H13F3N4O. The van der Waals surface area contributed by atoms with E-state index < -0.39 is 17.8 Å². The molecule has 0 spiro atoms. The maximum atomic E-state index is 13.5. The van der Waals surface area contributed by atoms with Gasteiger partial charge in [-0.1, -0.05) is 11.2 Å². The van der Waals surface area contributed by atoms with E-state index in [-0.39, 0.29) is 0 Å². The molecule has 3 aromatic heterocycles. The molecule has 5 nitrogen and oxygen atoms in total. The fourth-order valence-corrected chi connectivity index (χ4v) is 2.76. The van der Waals surface area contributed by atoms with Gasteiger partial charge < -0.3 is 4.52 Å². The number of nitrogens with zero attached hydrogens (tertiary/aromatic N) is 4. The van der Waals surface area contributed by atoms with Crippen LogP contribution in [0.15, 0.2) is 47.4 Å². The van der Waals surface area contributed by atoms with Crippen LogP contribution in [-0.2, 0) is 6.54 Å². The van der Waals surface area contributed by atoms with Crippen LogP contribution >= 0.6 is 0 Å². The monoisotopic (exact) mass is 358 g/mol. The zero-order chi connectivity index (χ0) is 18.3. The third-order valence-corrected chi connectivity index (χ3v) is 4.23. The number of aromatic nitrogens is 4. The summed E-state index contributed by atoms with van der Waals surface area (Å²) in [5.41, 5.74) is 3.47. The molecule has 0 unspecified atom stereocenters. The summed E-state index contributed by atoms with van der Waals surface area (Å²) in [6, 6.07) is 5.43. The maximum Gasteiger partial charge on any atom is 0.266 e. The van der Waals surface area contributed by atoms with Gasteiger partial charge in [-0.25, -0.2) is 13.2 Å². The van der Waals surface area contributed by atoms with E-state index in [1.165, 1.54) is 6.07 Å². The number of halogens is 3. The Balaban J connectivity index is 1.77. The quantitative estimate of drug-likeness (QED) is 0.538. The second kappa shape index (κ2) is 6.29. The zero-order valence-corrected chi connectivity index (χ0v) is 13.7. The lowest BCUT2D eigenvalue weighted by molar-refractivity contribution is 0.146. The smallest absolute Gasteiger partial charge is 0.266 e. The topological polar surface area (TPSA) is 56.7 Å². The van der Waals surface area contributed by atoms with E-state index in [0.717, 1.165) is 28.9 Å². The molecule has 3 heterocycles. The third-order valence-electron chi connectivity index (χ3n) is 4.23. The van der Waals surface area contributed by atoms with Crippen LogP contribution in [0.25, 0.3) is 22.2 Å². The average molecular weight is 358 g/mol. The van der Waals surface area contributed by atoms with Crippen molar-refractivity contribution in [3.05, 3.63) is 65.6 Å². The van der Waals surface area contributed by atoms with Gasteiger partial charge in [0.1, 0.15) is 17.6 Å². The molecule has 0 aliphatic carbocycles. The molecule has 132 valence electrons. The Hall–Kier alpha value is -3.16. The number of hydrogen-bond donors (Lipinski definition) is 0. The SMILES string of the molecule is Cc1nocc1Cn1ncc2ncc(-c3ccc(F)c(C(F)F)c3)cc21. The highest BCUT2D eigenvalue weighted by Crippen LogP contribution is 2.29. The Morgan fingerprint density at radius 2 is 2.00 bits per heavy atom. The van der Waals surface area contributed by atoms with E-state index in [4.69, 9.17) is 4.52 Å². The lowest BCUT2D eigenvalue weighted by Gasteiger charge is -2.07. The van der Waals surface area contributed by atoms with Gasteiger partial charge in [-0.2, -0.15) is 5.10 Å². The molecule has 0 fully saturated rings. The standard InChI is InChI=1S/C18H13F3N4O/c1-10-13(9-26-24-10)8-25-17-5-12(6-22-16(17)7-23-25)11-2-3-15(19)14(4-11)18(20)21/h2-7,9,18H,8H2,1H3. The molecule has 1 aromatic carbocycles. The molecule has 0 aliphatic rings. The minimum absolute atomic E-state index is 0.440. The van der Waals surface area contributed by atoms with Gasteiger partial charge in [0.05, 0.1) is 29.5 Å². The zero-order valence-electron chi connectivity index (χ0n) is 13.7. The van der Waals surface area contributed by atoms with Crippen molar-refractivity contribution in [1.29, 1.82) is 0 Å². The van der Waals surface area contributed by atoms with Gasteiger partial charge in [0.25, 0.3) is 6.43 Å². The molecule has 0 radical (unpaired) electrons. The van der Waals surface area contributed by atoms with Crippen LogP contribution in [0, 0.1) is 12.7 Å². The highest BCUT2D eigenvalue weighted by atomic mass is 19.3. The molecule has 8 heteroatoms. The van der Waals surface area contributed by atoms with Crippen LogP contribution in [0.2, 0.25) is 0 Å². The number of alkyl halides is 2. The van der Waals surface area contributed by atoms with Gasteiger partial charge in [-0.05, 0) is 30.7 Å². The fraction of sp³-hybridized carbons (Fsp3) is 0.167. The van der Waals surface area contributed by atoms with Gasteiger partial charge in [-0.15, -0.1) is 0 Å². The van der Waals surface area contributed by atoms with E-state index in [0.29, 0.717) is 23.2 Å². The summed E-state index contributed by atoms with van der Waals surface area (Å²) in [4.78, 5) is 4.32. The van der Waals surface area contributed by atoms with Crippen LogP contribution in [-0.4, -0.2) is 19.9 Å². The predicted molar refractivity (Wildman–Crippen MR) is 88.2 cm³/mol. The summed E-state index contributed by atoms with van der Waals surface area (Å²) in [6.45, 7) is 2.27. The predicted octanol–water partition coefficient (Wildman–Crippen LogP) is 4.52. The van der Waals surface area contributed by atoms with Gasteiger partial charge >= 0.3 is 0 Å². The molecule has 0 bridgehead atoms. The summed E-state index contributed by atoms with van der Waals surface area (Å²) >= 11 is 0. The lowest BCUT2D eigenvalue weighted by Crippen LogP contribution is -2.02. The highest BCUT2D eigenvalue weighted by Gasteiger charge is 2.15. The van der Waals surface area contributed by atoms with E-state index in [1.54, 1.807) is 29.4 Å². The largest absolute Gasteiger partial charge is 0.364 e. The van der Waals surface area contributed by atoms with Crippen LogP contribution < -0.4 is 0 Å². The molecule has 0 atom stereocenters. The number of rotatable bonds is 4. The Bertz CT molecular complexity index is 1090. The second-order valence-corrected chi connectivity index (χ2v) is 5.89. The molecular weight excluding hydrogens is 345 g/mol. The molecule has 4 rings (SSSR count). The Kier molecular flexibility index (Phi) is 3.95. The van der Waals surface area contributed by atoms with Gasteiger partial charge in [0.2, 0.25) is 0 Å². The number of aryl methyl sites for hydroxylation is 1. The van der Waals surface area contributed by atoms with Crippen molar-refractivity contribution < 1.29 is 17.7 Å². The molecule has 0 aliphatic heterocycles. The first-order valence-electron chi connectivity index (χ1n) is 7.82. The molecule has 0 amide bonds. The van der Waals surface area contributed by atoms with Gasteiger partial charge in [0, 0.05) is 17.3 Å². The summed E-state index contributed by atoms with van der Waals surface area (Å²) in [6.07, 6.45) is 1.85. The number of hydrogen-bond acceptors (Lipinski definition) is 4. The fourth-order valence-electron chi connectivity index (χ4n) is 2.76. The van der Waals surface area contributed by atoms with E-state index in [2.05, 4.69) is 15.2 Å². The first kappa shape index (κ1) is 16.3. The Morgan fingerprint density at radius 3 is 2.73 bits per heavy atom. The summed E-state index contributed by atoms with van der Waals surface area (Å²) in [5, 5.41) is 8.15. The van der Waals surface area contributed by atoms with E-state index in [9.17, 15) is 13.2 Å². The van der Waals surface area contributed by atoms with Gasteiger partial charge in [-0.3, -0.25) is 9.67 Å². The summed E-state index contributed by atoms with van der Waals surface area (Å²) in [7, 11) is 0. The van der Waals surface area contributed by atoms with Crippen LogP contribution in [0.3, 0.4) is 0 Å². The van der Waals surface area contributed by atoms with Crippen molar-refractivity contribution in [3.63, 3.8) is 0 Å². The number of pyridine rings is 1. The van der Waals surface area contributed by atoms with Crippen molar-refractivity contribution in [2.24, 2.45) is 0 Å². The molecule has 0 N–H and O–H groups in total. The van der Waals surface area contributed by atoms with Crippen LogP contribution in [0.5, 0.6) is 0 Å². The first-order valence-corrected chi connectivity index (χ1v) is 7.82. The molecule has 4 aromatic rings. The lowest BCUT2D eigenvalue weighted by atomic mass is 10.0. The van der Waals surface area contributed by atoms with Crippen molar-refractivity contribution in [2.45, 2.75) is 19.9 Å². The molecule has 0 saturated heterocycles. The van der Waals surface area contributed by atoms with Crippen molar-refractivity contribution >= 4 is 11.0 Å². The Labute approximate surface area is 146 Å². The van der Waals surface area contributed by atoms with Crippen molar-refractivity contribution in [2.75, 3.05) is 0 Å². The number of fused-ring (bicyclic) bond motifs is 1. The van der Waals surface area contributed by atoms with Crippen LogP contribution in [0.4, 0.5) is 13.2 Å². The highest BCUT2D eigenvalue weighted by molar-refractivity contribution is 5.80. The summed E-state index contributed by atoms with van der Waals surface area (Å²) in [5.74, 6) is -0.925.